The number of nitrogens with zero attached hydrogens (tertiary/aromatic N) is 2. The molecule has 9 heteroatoms. The number of aryl methyl sites for hydroxylation is 1. The molecule has 0 aliphatic carbocycles. The lowest BCUT2D eigenvalue weighted by Gasteiger charge is -2.12. The SMILES string of the molecule is COc1cc(OC)c(NC(=O)CSc2nnc(-c3ccccc3C)o2)cc1Cl. The molecule has 28 heavy (non-hydrogen) atoms. The van der Waals surface area contributed by atoms with Crippen LogP contribution in [0.15, 0.2) is 46.0 Å². The Morgan fingerprint density at radius 3 is 2.64 bits per heavy atom. The molecule has 0 fully saturated rings. The summed E-state index contributed by atoms with van der Waals surface area (Å²) in [5, 5.41) is 11.5. The van der Waals surface area contributed by atoms with Crippen LogP contribution in [0.4, 0.5) is 5.69 Å². The van der Waals surface area contributed by atoms with Crippen LogP contribution >= 0.6 is 23.4 Å². The molecule has 0 aliphatic heterocycles. The zero-order valence-corrected chi connectivity index (χ0v) is 17.1. The first kappa shape index (κ1) is 20.0. The minimum atomic E-state index is -0.264. The number of anilines is 1. The molecule has 146 valence electrons. The standard InChI is InChI=1S/C19H18ClN3O4S/c1-11-6-4-5-7-12(11)18-22-23-19(27-18)28-10-17(24)21-14-8-13(20)15(25-2)9-16(14)26-3/h4-9H,10H2,1-3H3,(H,21,24). The number of halogens is 1. The molecular weight excluding hydrogens is 402 g/mol. The lowest BCUT2D eigenvalue weighted by atomic mass is 10.1. The van der Waals surface area contributed by atoms with E-state index in [1.54, 1.807) is 12.1 Å². The van der Waals surface area contributed by atoms with Gasteiger partial charge in [-0.15, -0.1) is 10.2 Å². The van der Waals surface area contributed by atoms with Crippen molar-refractivity contribution in [2.75, 3.05) is 25.3 Å². The number of carbonyl (C=O) groups is 1. The number of ether oxygens (including phenoxy) is 2. The monoisotopic (exact) mass is 419 g/mol. The molecule has 0 radical (unpaired) electrons. The molecule has 0 unspecified atom stereocenters. The summed E-state index contributed by atoms with van der Waals surface area (Å²) in [6.45, 7) is 1.97. The minimum absolute atomic E-state index is 0.0855. The van der Waals surface area contributed by atoms with Gasteiger partial charge in [-0.25, -0.2) is 0 Å². The first-order valence-corrected chi connectivity index (χ1v) is 9.62. The summed E-state index contributed by atoms with van der Waals surface area (Å²) in [6, 6.07) is 10.9. The van der Waals surface area contributed by atoms with Crippen molar-refractivity contribution in [3.05, 3.63) is 47.0 Å². The summed E-state index contributed by atoms with van der Waals surface area (Å²) in [4.78, 5) is 12.3. The van der Waals surface area contributed by atoms with Crippen molar-refractivity contribution < 1.29 is 18.7 Å². The summed E-state index contributed by atoms with van der Waals surface area (Å²) in [7, 11) is 3.00. The number of hydrogen-bond donors (Lipinski definition) is 1. The molecule has 1 N–H and O–H groups in total. The summed E-state index contributed by atoms with van der Waals surface area (Å²) < 4.78 is 16.1. The Labute approximate surface area is 171 Å². The number of benzene rings is 2. The fourth-order valence-electron chi connectivity index (χ4n) is 2.46. The first-order valence-electron chi connectivity index (χ1n) is 8.25. The van der Waals surface area contributed by atoms with Crippen LogP contribution in [0.3, 0.4) is 0 Å². The first-order chi connectivity index (χ1) is 13.5. The topological polar surface area (TPSA) is 86.5 Å². The maximum Gasteiger partial charge on any atom is 0.277 e. The highest BCUT2D eigenvalue weighted by Crippen LogP contribution is 2.36. The van der Waals surface area contributed by atoms with Gasteiger partial charge < -0.3 is 19.2 Å². The fourth-order valence-corrected chi connectivity index (χ4v) is 3.27. The van der Waals surface area contributed by atoms with Crippen molar-refractivity contribution in [3.8, 4) is 23.0 Å². The summed E-state index contributed by atoms with van der Waals surface area (Å²) in [6.07, 6.45) is 0. The Kier molecular flexibility index (Phi) is 6.43. The van der Waals surface area contributed by atoms with E-state index in [9.17, 15) is 4.79 Å². The van der Waals surface area contributed by atoms with Gasteiger partial charge in [-0.05, 0) is 24.6 Å². The number of methoxy groups -OCH3 is 2. The number of aromatic nitrogens is 2. The van der Waals surface area contributed by atoms with Crippen molar-refractivity contribution in [2.24, 2.45) is 0 Å². The van der Waals surface area contributed by atoms with Gasteiger partial charge in [0.15, 0.2) is 0 Å². The van der Waals surface area contributed by atoms with Crippen molar-refractivity contribution in [1.29, 1.82) is 0 Å². The van der Waals surface area contributed by atoms with Crippen molar-refractivity contribution in [3.63, 3.8) is 0 Å². The zero-order valence-electron chi connectivity index (χ0n) is 15.5. The van der Waals surface area contributed by atoms with Gasteiger partial charge in [-0.1, -0.05) is 41.6 Å². The predicted molar refractivity (Wildman–Crippen MR) is 108 cm³/mol. The average Bonchev–Trinajstić information content (AvgIpc) is 3.16. The van der Waals surface area contributed by atoms with Crippen LogP contribution in [0.2, 0.25) is 5.02 Å². The van der Waals surface area contributed by atoms with E-state index in [0.717, 1.165) is 22.9 Å². The highest BCUT2D eigenvalue weighted by molar-refractivity contribution is 7.99. The van der Waals surface area contributed by atoms with E-state index in [2.05, 4.69) is 15.5 Å². The molecule has 1 amide bonds. The van der Waals surface area contributed by atoms with Gasteiger partial charge in [0, 0.05) is 11.6 Å². The van der Waals surface area contributed by atoms with E-state index < -0.39 is 0 Å². The van der Waals surface area contributed by atoms with Crippen molar-refractivity contribution in [2.45, 2.75) is 12.1 Å². The Morgan fingerprint density at radius 1 is 1.18 bits per heavy atom. The third-order valence-electron chi connectivity index (χ3n) is 3.86. The van der Waals surface area contributed by atoms with E-state index in [-0.39, 0.29) is 11.7 Å². The molecule has 0 aliphatic rings. The molecule has 2 aromatic carbocycles. The molecule has 0 bridgehead atoms. The third-order valence-corrected chi connectivity index (χ3v) is 4.97. The Morgan fingerprint density at radius 2 is 1.93 bits per heavy atom. The molecule has 0 spiro atoms. The van der Waals surface area contributed by atoms with Crippen LogP contribution in [-0.4, -0.2) is 36.1 Å². The normalized spacial score (nSPS) is 10.6. The van der Waals surface area contributed by atoms with E-state index in [4.69, 9.17) is 25.5 Å². The van der Waals surface area contributed by atoms with Gasteiger partial charge in [0.2, 0.25) is 11.8 Å². The lowest BCUT2D eigenvalue weighted by Crippen LogP contribution is -2.14. The highest BCUT2D eigenvalue weighted by Gasteiger charge is 2.15. The van der Waals surface area contributed by atoms with Gasteiger partial charge in [0.05, 0.1) is 30.7 Å². The van der Waals surface area contributed by atoms with Crippen LogP contribution in [0.25, 0.3) is 11.5 Å². The molecular formula is C19H18ClN3O4S. The Balaban J connectivity index is 1.64. The van der Waals surface area contributed by atoms with E-state index >= 15 is 0 Å². The van der Waals surface area contributed by atoms with Crippen LogP contribution in [-0.2, 0) is 4.79 Å². The second kappa shape index (κ2) is 8.99. The van der Waals surface area contributed by atoms with Gasteiger partial charge in [-0.3, -0.25) is 4.79 Å². The average molecular weight is 420 g/mol. The van der Waals surface area contributed by atoms with Crippen LogP contribution in [0, 0.1) is 6.92 Å². The quantitative estimate of drug-likeness (QED) is 0.566. The van der Waals surface area contributed by atoms with Gasteiger partial charge in [0.1, 0.15) is 11.5 Å². The summed E-state index contributed by atoms with van der Waals surface area (Å²) in [5.74, 6) is 1.15. The molecule has 3 rings (SSSR count). The molecule has 1 heterocycles. The molecule has 3 aromatic rings. The number of rotatable bonds is 7. The molecule has 0 saturated carbocycles. The lowest BCUT2D eigenvalue weighted by molar-refractivity contribution is -0.113. The smallest absolute Gasteiger partial charge is 0.277 e. The van der Waals surface area contributed by atoms with Gasteiger partial charge in [-0.2, -0.15) is 0 Å². The second-order valence-electron chi connectivity index (χ2n) is 5.71. The minimum Gasteiger partial charge on any atom is -0.495 e. The number of nitrogens with one attached hydrogen (secondary N) is 1. The fraction of sp³-hybridized carbons (Fsp3) is 0.211. The van der Waals surface area contributed by atoms with Crippen LogP contribution < -0.4 is 14.8 Å². The molecule has 7 nitrogen and oxygen atoms in total. The second-order valence-corrected chi connectivity index (χ2v) is 7.05. The number of hydrogen-bond acceptors (Lipinski definition) is 7. The Bertz CT molecular complexity index is 993. The molecule has 0 atom stereocenters. The summed E-state index contributed by atoms with van der Waals surface area (Å²) >= 11 is 7.26. The van der Waals surface area contributed by atoms with Crippen molar-refractivity contribution >= 4 is 35.0 Å². The number of amides is 1. The van der Waals surface area contributed by atoms with E-state index in [1.807, 2.05) is 31.2 Å². The van der Waals surface area contributed by atoms with E-state index in [0.29, 0.717) is 33.3 Å². The molecule has 1 aromatic heterocycles. The van der Waals surface area contributed by atoms with Crippen LogP contribution in [0.1, 0.15) is 5.56 Å². The van der Waals surface area contributed by atoms with E-state index in [1.165, 1.54) is 14.2 Å². The maximum absolute atomic E-state index is 12.3. The highest BCUT2D eigenvalue weighted by atomic mass is 35.5. The third kappa shape index (κ3) is 4.58. The molecule has 0 saturated heterocycles. The maximum atomic E-state index is 12.3. The van der Waals surface area contributed by atoms with Gasteiger partial charge in [0.25, 0.3) is 5.22 Å². The van der Waals surface area contributed by atoms with Gasteiger partial charge >= 0.3 is 0 Å². The largest absolute Gasteiger partial charge is 0.495 e. The van der Waals surface area contributed by atoms with Crippen molar-refractivity contribution in [1.82, 2.24) is 10.2 Å². The van der Waals surface area contributed by atoms with Crippen LogP contribution in [0.5, 0.6) is 11.5 Å². The number of thioether (sulfide) groups is 1. The Hall–Kier alpha value is -2.71. The predicted octanol–water partition coefficient (Wildman–Crippen LogP) is 4.45. The summed E-state index contributed by atoms with van der Waals surface area (Å²) in [5.41, 5.74) is 2.35. The zero-order chi connectivity index (χ0) is 20.1. The number of carbonyl (C=O) groups excluding carboxylic acids is 1.